The highest BCUT2D eigenvalue weighted by molar-refractivity contribution is 8.15. The van der Waals surface area contributed by atoms with Gasteiger partial charge in [0.05, 0.1) is 11.8 Å². The molecule has 5 rings (SSSR count). The Hall–Kier alpha value is -3.42. The molecule has 2 aliphatic heterocycles. The van der Waals surface area contributed by atoms with Crippen LogP contribution in [0.3, 0.4) is 0 Å². The van der Waals surface area contributed by atoms with Gasteiger partial charge >= 0.3 is 0 Å². The minimum atomic E-state index is -0.593. The van der Waals surface area contributed by atoms with E-state index in [2.05, 4.69) is 34.6 Å². The van der Waals surface area contributed by atoms with Gasteiger partial charge in [-0.05, 0) is 49.2 Å². The monoisotopic (exact) mass is 516 g/mol. The molecule has 0 fully saturated rings. The summed E-state index contributed by atoms with van der Waals surface area (Å²) in [6.07, 6.45) is 0.685. The molecule has 182 valence electrons. The first-order valence-corrected chi connectivity index (χ1v) is 13.0. The van der Waals surface area contributed by atoms with Crippen LogP contribution in [0.15, 0.2) is 82.9 Å². The zero-order chi connectivity index (χ0) is 25.2. The van der Waals surface area contributed by atoms with E-state index in [-0.39, 0.29) is 24.3 Å². The lowest BCUT2D eigenvalue weighted by Gasteiger charge is -2.23. The van der Waals surface area contributed by atoms with Crippen LogP contribution in [0.2, 0.25) is 5.02 Å². The van der Waals surface area contributed by atoms with Gasteiger partial charge in [-0.1, -0.05) is 83.0 Å². The van der Waals surface area contributed by atoms with Crippen LogP contribution in [0, 0.1) is 13.8 Å². The molecule has 2 heterocycles. The summed E-state index contributed by atoms with van der Waals surface area (Å²) in [6, 6.07) is 23.3. The lowest BCUT2D eigenvalue weighted by atomic mass is 9.98. The van der Waals surface area contributed by atoms with Crippen molar-refractivity contribution >= 4 is 51.7 Å². The summed E-state index contributed by atoms with van der Waals surface area (Å²) in [4.78, 5) is 29.7. The molecule has 36 heavy (non-hydrogen) atoms. The first kappa shape index (κ1) is 24.3. The first-order valence-electron chi connectivity index (χ1n) is 11.7. The van der Waals surface area contributed by atoms with E-state index in [1.807, 2.05) is 62.4 Å². The molecule has 2 amide bonds. The Morgan fingerprint density at radius 2 is 1.75 bits per heavy atom. The molecule has 0 radical (unpaired) electrons. The van der Waals surface area contributed by atoms with Crippen molar-refractivity contribution in [3.63, 3.8) is 0 Å². The van der Waals surface area contributed by atoms with Crippen LogP contribution in [-0.2, 0) is 9.59 Å². The Morgan fingerprint density at radius 3 is 2.44 bits per heavy atom. The Morgan fingerprint density at radius 1 is 1.06 bits per heavy atom. The number of nitrogens with one attached hydrogen (secondary N) is 1. The molecule has 0 saturated heterocycles. The average Bonchev–Trinajstić information content (AvgIpc) is 3.45. The van der Waals surface area contributed by atoms with Crippen molar-refractivity contribution in [3.05, 3.63) is 100 Å². The Labute approximate surface area is 219 Å². The number of aryl methyl sites for hydroxylation is 2. The average molecular weight is 517 g/mol. The number of hydrogen-bond acceptors (Lipinski definition) is 5. The van der Waals surface area contributed by atoms with Crippen molar-refractivity contribution in [3.8, 4) is 0 Å². The van der Waals surface area contributed by atoms with Crippen LogP contribution in [0.4, 0.5) is 5.69 Å². The molecule has 0 bridgehead atoms. The predicted molar refractivity (Wildman–Crippen MR) is 147 cm³/mol. The molecule has 0 aromatic heterocycles. The van der Waals surface area contributed by atoms with E-state index < -0.39 is 5.25 Å². The van der Waals surface area contributed by atoms with E-state index in [1.165, 1.54) is 17.3 Å². The number of halogens is 1. The van der Waals surface area contributed by atoms with Crippen molar-refractivity contribution in [1.82, 2.24) is 5.01 Å². The maximum atomic E-state index is 12.8. The van der Waals surface area contributed by atoms with E-state index in [1.54, 1.807) is 5.01 Å². The number of amidine groups is 1. The number of anilines is 1. The third-order valence-electron chi connectivity index (χ3n) is 6.16. The maximum Gasteiger partial charge on any atom is 0.262 e. The zero-order valence-electron chi connectivity index (χ0n) is 19.9. The second kappa shape index (κ2) is 10.3. The van der Waals surface area contributed by atoms with Gasteiger partial charge in [0.25, 0.3) is 5.91 Å². The fraction of sp³-hybridized carbons (Fsp3) is 0.214. The van der Waals surface area contributed by atoms with E-state index in [9.17, 15) is 9.59 Å². The lowest BCUT2D eigenvalue weighted by molar-refractivity contribution is -0.121. The number of benzene rings is 3. The molecule has 3 aromatic carbocycles. The number of aliphatic imine (C=N–C) groups is 1. The van der Waals surface area contributed by atoms with E-state index >= 15 is 0 Å². The molecule has 1 N–H and O–H groups in total. The predicted octanol–water partition coefficient (Wildman–Crippen LogP) is 6.13. The number of thioether (sulfide) groups is 1. The summed E-state index contributed by atoms with van der Waals surface area (Å²) in [5, 5.41) is 10.1. The maximum absolute atomic E-state index is 12.8. The highest BCUT2D eigenvalue weighted by Crippen LogP contribution is 2.39. The van der Waals surface area contributed by atoms with Gasteiger partial charge in [0.1, 0.15) is 5.25 Å². The minimum absolute atomic E-state index is 0.0363. The van der Waals surface area contributed by atoms with Gasteiger partial charge in [-0.25, -0.2) is 5.01 Å². The fourth-order valence-electron chi connectivity index (χ4n) is 4.20. The van der Waals surface area contributed by atoms with Crippen molar-refractivity contribution in [1.29, 1.82) is 0 Å². The molecule has 2 aliphatic rings. The van der Waals surface area contributed by atoms with Gasteiger partial charge in [-0.2, -0.15) is 10.1 Å². The number of nitrogens with zero attached hydrogens (tertiary/aromatic N) is 3. The quantitative estimate of drug-likeness (QED) is 0.442. The second-order valence-corrected chi connectivity index (χ2v) is 10.6. The van der Waals surface area contributed by atoms with E-state index in [0.29, 0.717) is 22.3 Å². The highest BCUT2D eigenvalue weighted by Gasteiger charge is 2.39. The first-order chi connectivity index (χ1) is 17.4. The SMILES string of the molecule is Cc1ccc(NC(=O)C[C@H]2SC(N3N=C(c4ccc(C)cc4)C[C@@H]3c3cccc(Cl)c3)=NC2=O)cc1. The Bertz CT molecular complexity index is 1370. The summed E-state index contributed by atoms with van der Waals surface area (Å²) < 4.78 is 0. The molecule has 3 aromatic rings. The minimum Gasteiger partial charge on any atom is -0.326 e. The van der Waals surface area contributed by atoms with Crippen LogP contribution in [-0.4, -0.2) is 33.0 Å². The molecule has 0 saturated carbocycles. The molecular weight excluding hydrogens is 492 g/mol. The normalized spacial score (nSPS) is 19.3. The zero-order valence-corrected chi connectivity index (χ0v) is 21.5. The molecule has 6 nitrogen and oxygen atoms in total. The molecule has 8 heteroatoms. The lowest BCUT2D eigenvalue weighted by Crippen LogP contribution is -2.25. The van der Waals surface area contributed by atoms with Gasteiger partial charge < -0.3 is 5.32 Å². The van der Waals surface area contributed by atoms with Crippen molar-refractivity contribution < 1.29 is 9.59 Å². The van der Waals surface area contributed by atoms with Crippen molar-refractivity contribution in [2.75, 3.05) is 5.32 Å². The summed E-state index contributed by atoms with van der Waals surface area (Å²) >= 11 is 7.58. The summed E-state index contributed by atoms with van der Waals surface area (Å²) in [5.74, 6) is -0.546. The Balaban J connectivity index is 1.35. The standard InChI is InChI=1S/C28H25ClN4O2S/c1-17-6-10-19(11-7-17)23-15-24(20-4-3-5-21(29)14-20)33(32-23)28-31-27(35)25(36-28)16-26(34)30-22-12-8-18(2)9-13-22/h3-14,24-25H,15-16H2,1-2H3,(H,30,34)/t24-,25-/m1/s1. The third-order valence-corrected chi connectivity index (χ3v) is 7.54. The van der Waals surface area contributed by atoms with E-state index in [0.717, 1.165) is 22.4 Å². The third kappa shape index (κ3) is 5.37. The van der Waals surface area contributed by atoms with E-state index in [4.69, 9.17) is 16.7 Å². The van der Waals surface area contributed by atoms with Crippen LogP contribution < -0.4 is 5.32 Å². The van der Waals surface area contributed by atoms with Crippen LogP contribution in [0.5, 0.6) is 0 Å². The molecule has 0 unspecified atom stereocenters. The number of carbonyl (C=O) groups excluding carboxylic acids is 2. The van der Waals surface area contributed by atoms with Gasteiger partial charge in [0.2, 0.25) is 5.91 Å². The topological polar surface area (TPSA) is 74.1 Å². The van der Waals surface area contributed by atoms with Gasteiger partial charge in [-0.15, -0.1) is 0 Å². The molecule has 2 atom stereocenters. The highest BCUT2D eigenvalue weighted by atomic mass is 35.5. The largest absolute Gasteiger partial charge is 0.326 e. The van der Waals surface area contributed by atoms with Crippen LogP contribution in [0.1, 0.15) is 41.1 Å². The molecule has 0 aliphatic carbocycles. The number of hydrazone groups is 1. The van der Waals surface area contributed by atoms with Crippen molar-refractivity contribution in [2.45, 2.75) is 38.0 Å². The van der Waals surface area contributed by atoms with Gasteiger partial charge in [0, 0.05) is 23.6 Å². The number of amides is 2. The molecular formula is C28H25ClN4O2S. The number of hydrogen-bond donors (Lipinski definition) is 1. The second-order valence-electron chi connectivity index (χ2n) is 8.99. The van der Waals surface area contributed by atoms with Gasteiger partial charge in [0.15, 0.2) is 5.17 Å². The number of carbonyl (C=O) groups is 2. The molecule has 0 spiro atoms. The van der Waals surface area contributed by atoms with Crippen LogP contribution >= 0.6 is 23.4 Å². The summed E-state index contributed by atoms with van der Waals surface area (Å²) in [7, 11) is 0. The van der Waals surface area contributed by atoms with Gasteiger partial charge in [-0.3, -0.25) is 9.59 Å². The van der Waals surface area contributed by atoms with Crippen molar-refractivity contribution in [2.24, 2.45) is 10.1 Å². The summed E-state index contributed by atoms with van der Waals surface area (Å²) in [6.45, 7) is 4.03. The smallest absolute Gasteiger partial charge is 0.262 e. The van der Waals surface area contributed by atoms with Crippen LogP contribution in [0.25, 0.3) is 0 Å². The number of rotatable bonds is 5. The fourth-order valence-corrected chi connectivity index (χ4v) is 5.46. The Kier molecular flexibility index (Phi) is 6.94. The summed E-state index contributed by atoms with van der Waals surface area (Å²) in [5.41, 5.74) is 5.92.